The summed E-state index contributed by atoms with van der Waals surface area (Å²) >= 11 is 1.66. The van der Waals surface area contributed by atoms with Crippen molar-refractivity contribution in [2.75, 3.05) is 12.4 Å². The quantitative estimate of drug-likeness (QED) is 0.842. The molecule has 4 heteroatoms. The molecule has 0 fully saturated rings. The van der Waals surface area contributed by atoms with Gasteiger partial charge in [-0.25, -0.2) is 9.97 Å². The van der Waals surface area contributed by atoms with Crippen LogP contribution in [0.2, 0.25) is 0 Å². The number of benzene rings is 1. The molecule has 0 unspecified atom stereocenters. The van der Waals surface area contributed by atoms with E-state index in [-0.39, 0.29) is 0 Å². The first-order chi connectivity index (χ1) is 8.20. The second kappa shape index (κ2) is 5.19. The maximum Gasteiger partial charge on any atom is 0.133 e. The van der Waals surface area contributed by atoms with Gasteiger partial charge < -0.3 is 5.32 Å². The van der Waals surface area contributed by atoms with Crippen LogP contribution in [0, 0.1) is 13.8 Å². The van der Waals surface area contributed by atoms with Crippen LogP contribution in [0.5, 0.6) is 0 Å². The van der Waals surface area contributed by atoms with E-state index in [4.69, 9.17) is 0 Å². The number of nitrogens with one attached hydrogen (secondary N) is 1. The van der Waals surface area contributed by atoms with Gasteiger partial charge in [-0.15, -0.1) is 0 Å². The minimum Gasteiger partial charge on any atom is -0.373 e. The van der Waals surface area contributed by atoms with Crippen molar-refractivity contribution < 1.29 is 0 Å². The molecule has 0 spiro atoms. The summed E-state index contributed by atoms with van der Waals surface area (Å²) in [7, 11) is 1.87. The van der Waals surface area contributed by atoms with Crippen LogP contribution >= 0.6 is 11.8 Å². The molecule has 2 rings (SSSR count). The predicted octanol–water partition coefficient (Wildman–Crippen LogP) is 3.29. The molecule has 0 amide bonds. The van der Waals surface area contributed by atoms with Gasteiger partial charge >= 0.3 is 0 Å². The molecule has 0 radical (unpaired) electrons. The van der Waals surface area contributed by atoms with Crippen molar-refractivity contribution in [1.82, 2.24) is 9.97 Å². The van der Waals surface area contributed by atoms with Crippen molar-refractivity contribution >= 4 is 17.6 Å². The lowest BCUT2D eigenvalue weighted by Crippen LogP contribution is -1.98. The lowest BCUT2D eigenvalue weighted by atomic mass is 10.2. The van der Waals surface area contributed by atoms with Gasteiger partial charge in [0.2, 0.25) is 0 Å². The first-order valence-electron chi connectivity index (χ1n) is 5.44. The van der Waals surface area contributed by atoms with Crippen LogP contribution in [0.25, 0.3) is 0 Å². The fourth-order valence-electron chi connectivity index (χ4n) is 1.51. The van der Waals surface area contributed by atoms with E-state index in [0.717, 1.165) is 16.4 Å². The lowest BCUT2D eigenvalue weighted by molar-refractivity contribution is 1.00. The Morgan fingerprint density at radius 3 is 2.41 bits per heavy atom. The van der Waals surface area contributed by atoms with Gasteiger partial charge in [-0.05, 0) is 26.0 Å². The minimum absolute atomic E-state index is 0.884. The van der Waals surface area contributed by atoms with Crippen LogP contribution < -0.4 is 5.32 Å². The molecule has 0 atom stereocenters. The molecule has 1 aromatic carbocycles. The fraction of sp³-hybridized carbons (Fsp3) is 0.231. The highest BCUT2D eigenvalue weighted by atomic mass is 32.2. The van der Waals surface area contributed by atoms with Gasteiger partial charge in [-0.3, -0.25) is 0 Å². The first kappa shape index (κ1) is 11.9. The van der Waals surface area contributed by atoms with Gasteiger partial charge in [0.25, 0.3) is 0 Å². The SMILES string of the molecule is CNc1ncnc(Sc2ccc(C)cc2)c1C. The third kappa shape index (κ3) is 2.77. The predicted molar refractivity (Wildman–Crippen MR) is 71.6 cm³/mol. The minimum atomic E-state index is 0.884. The molecule has 0 aliphatic rings. The highest BCUT2D eigenvalue weighted by Crippen LogP contribution is 2.30. The van der Waals surface area contributed by atoms with Crippen LogP contribution in [0.3, 0.4) is 0 Å². The Morgan fingerprint density at radius 1 is 1.06 bits per heavy atom. The summed E-state index contributed by atoms with van der Waals surface area (Å²) in [6.07, 6.45) is 1.59. The summed E-state index contributed by atoms with van der Waals surface area (Å²) in [5.74, 6) is 0.884. The molecular formula is C13H15N3S. The Morgan fingerprint density at radius 2 is 1.76 bits per heavy atom. The van der Waals surface area contributed by atoms with E-state index in [9.17, 15) is 0 Å². The van der Waals surface area contributed by atoms with Crippen LogP contribution in [0.4, 0.5) is 5.82 Å². The van der Waals surface area contributed by atoms with Crippen molar-refractivity contribution in [2.45, 2.75) is 23.8 Å². The van der Waals surface area contributed by atoms with E-state index in [2.05, 4.69) is 46.5 Å². The Bertz CT molecular complexity index is 509. The maximum atomic E-state index is 4.32. The molecule has 0 aliphatic heterocycles. The van der Waals surface area contributed by atoms with Crippen molar-refractivity contribution in [3.05, 3.63) is 41.7 Å². The van der Waals surface area contributed by atoms with E-state index in [0.29, 0.717) is 0 Å². The molecule has 0 saturated carbocycles. The van der Waals surface area contributed by atoms with Gasteiger partial charge in [0, 0.05) is 17.5 Å². The molecule has 2 aromatic rings. The van der Waals surface area contributed by atoms with Gasteiger partial charge in [0.1, 0.15) is 17.2 Å². The number of nitrogens with zero attached hydrogens (tertiary/aromatic N) is 2. The summed E-state index contributed by atoms with van der Waals surface area (Å²) in [6, 6.07) is 8.44. The molecule has 3 nitrogen and oxygen atoms in total. The number of hydrogen-bond donors (Lipinski definition) is 1. The molecule has 0 aliphatic carbocycles. The Hall–Kier alpha value is -1.55. The summed E-state index contributed by atoms with van der Waals surface area (Å²) in [4.78, 5) is 9.69. The van der Waals surface area contributed by atoms with E-state index in [1.165, 1.54) is 10.5 Å². The van der Waals surface area contributed by atoms with Crippen molar-refractivity contribution in [3.8, 4) is 0 Å². The van der Waals surface area contributed by atoms with Crippen LogP contribution in [0.1, 0.15) is 11.1 Å². The van der Waals surface area contributed by atoms with E-state index < -0.39 is 0 Å². The molecular weight excluding hydrogens is 230 g/mol. The lowest BCUT2D eigenvalue weighted by Gasteiger charge is -2.08. The van der Waals surface area contributed by atoms with Crippen LogP contribution in [-0.4, -0.2) is 17.0 Å². The van der Waals surface area contributed by atoms with E-state index in [1.54, 1.807) is 18.1 Å². The fourth-order valence-corrected chi connectivity index (χ4v) is 2.35. The smallest absolute Gasteiger partial charge is 0.133 e. The highest BCUT2D eigenvalue weighted by molar-refractivity contribution is 7.99. The topological polar surface area (TPSA) is 37.8 Å². The average molecular weight is 245 g/mol. The highest BCUT2D eigenvalue weighted by Gasteiger charge is 2.07. The Labute approximate surface area is 106 Å². The zero-order chi connectivity index (χ0) is 12.3. The van der Waals surface area contributed by atoms with Crippen molar-refractivity contribution in [2.24, 2.45) is 0 Å². The second-order valence-corrected chi connectivity index (χ2v) is 4.88. The molecule has 17 heavy (non-hydrogen) atoms. The molecule has 1 N–H and O–H groups in total. The number of rotatable bonds is 3. The average Bonchev–Trinajstić information content (AvgIpc) is 2.35. The van der Waals surface area contributed by atoms with Gasteiger partial charge in [-0.2, -0.15) is 0 Å². The largest absolute Gasteiger partial charge is 0.373 e. The zero-order valence-electron chi connectivity index (χ0n) is 10.2. The number of aromatic nitrogens is 2. The summed E-state index contributed by atoms with van der Waals surface area (Å²) in [6.45, 7) is 4.12. The van der Waals surface area contributed by atoms with Gasteiger partial charge in [-0.1, -0.05) is 29.5 Å². The molecule has 88 valence electrons. The number of anilines is 1. The summed E-state index contributed by atoms with van der Waals surface area (Å²) in [5, 5.41) is 4.06. The number of hydrogen-bond acceptors (Lipinski definition) is 4. The van der Waals surface area contributed by atoms with Crippen molar-refractivity contribution in [3.63, 3.8) is 0 Å². The Kier molecular flexibility index (Phi) is 3.64. The maximum absolute atomic E-state index is 4.32. The molecule has 1 aromatic heterocycles. The standard InChI is InChI=1S/C13H15N3S/c1-9-4-6-11(7-5-9)17-13-10(2)12(14-3)15-8-16-13/h4-8H,1-3H3,(H,14,15,16). The van der Waals surface area contributed by atoms with E-state index in [1.807, 2.05) is 14.0 Å². The Balaban J connectivity index is 2.27. The molecule has 0 saturated heterocycles. The third-order valence-corrected chi connectivity index (χ3v) is 3.62. The third-order valence-electron chi connectivity index (χ3n) is 2.51. The first-order valence-corrected chi connectivity index (χ1v) is 6.26. The molecule has 1 heterocycles. The second-order valence-electron chi connectivity index (χ2n) is 3.82. The van der Waals surface area contributed by atoms with Gasteiger partial charge in [0.15, 0.2) is 0 Å². The summed E-state index contributed by atoms with van der Waals surface area (Å²) in [5.41, 5.74) is 2.35. The zero-order valence-corrected chi connectivity index (χ0v) is 11.0. The van der Waals surface area contributed by atoms with Crippen LogP contribution in [-0.2, 0) is 0 Å². The summed E-state index contributed by atoms with van der Waals surface area (Å²) < 4.78 is 0. The normalized spacial score (nSPS) is 10.3. The van der Waals surface area contributed by atoms with Crippen LogP contribution in [0.15, 0.2) is 40.5 Å². The van der Waals surface area contributed by atoms with Gasteiger partial charge in [0.05, 0.1) is 0 Å². The van der Waals surface area contributed by atoms with Crippen molar-refractivity contribution in [1.29, 1.82) is 0 Å². The number of aryl methyl sites for hydroxylation is 1. The van der Waals surface area contributed by atoms with E-state index >= 15 is 0 Å². The molecule has 0 bridgehead atoms. The monoisotopic (exact) mass is 245 g/mol.